The number of benzene rings is 2. The molecular formula is C24H27F3N2O5S. The van der Waals surface area contributed by atoms with Gasteiger partial charge in [0.2, 0.25) is 5.91 Å². The number of aliphatic carboxylic acids is 1. The van der Waals surface area contributed by atoms with Crippen molar-refractivity contribution in [1.29, 1.82) is 0 Å². The molecule has 0 spiro atoms. The lowest BCUT2D eigenvalue weighted by Crippen LogP contribution is -2.45. The van der Waals surface area contributed by atoms with Gasteiger partial charge in [0.25, 0.3) is 5.91 Å². The van der Waals surface area contributed by atoms with Gasteiger partial charge in [-0.1, -0.05) is 6.07 Å². The Morgan fingerprint density at radius 3 is 2.46 bits per heavy atom. The molecule has 0 saturated heterocycles. The van der Waals surface area contributed by atoms with Gasteiger partial charge in [0.05, 0.1) is 6.42 Å². The number of fused-ring (bicyclic) bond motifs is 1. The van der Waals surface area contributed by atoms with Crippen molar-refractivity contribution in [2.75, 3.05) is 30.6 Å². The molecule has 0 aromatic heterocycles. The minimum Gasteiger partial charge on any atom is -0.481 e. The molecule has 0 bridgehead atoms. The van der Waals surface area contributed by atoms with Gasteiger partial charge < -0.3 is 20.1 Å². The third-order valence-corrected chi connectivity index (χ3v) is 7.20. The Morgan fingerprint density at radius 2 is 1.86 bits per heavy atom. The molecule has 1 aliphatic heterocycles. The molecule has 35 heavy (non-hydrogen) atoms. The number of alkyl halides is 2. The van der Waals surface area contributed by atoms with Gasteiger partial charge >= 0.3 is 12.6 Å². The normalized spacial score (nSPS) is 16.0. The van der Waals surface area contributed by atoms with Crippen LogP contribution in [0.5, 0.6) is 5.75 Å². The molecule has 0 unspecified atom stereocenters. The zero-order valence-electron chi connectivity index (χ0n) is 19.5. The molecule has 0 aliphatic carbocycles. The van der Waals surface area contributed by atoms with Crippen LogP contribution in [0.25, 0.3) is 0 Å². The topological polar surface area (TPSA) is 95.9 Å². The van der Waals surface area contributed by atoms with Gasteiger partial charge in [-0.2, -0.15) is 8.78 Å². The van der Waals surface area contributed by atoms with Crippen LogP contribution >= 0.6 is 10.0 Å². The number of carboxylic acid groups (broad SMARTS) is 1. The number of rotatable bonds is 8. The number of carbonyl (C=O) groups excluding carboxylic acids is 2. The Balaban J connectivity index is 1.93. The van der Waals surface area contributed by atoms with E-state index in [0.717, 1.165) is 0 Å². The molecule has 0 radical (unpaired) electrons. The quantitative estimate of drug-likeness (QED) is 0.546. The van der Waals surface area contributed by atoms with Crippen molar-refractivity contribution in [3.8, 4) is 5.75 Å². The summed E-state index contributed by atoms with van der Waals surface area (Å²) in [6.45, 7) is -2.94. The minimum absolute atomic E-state index is 0.0718. The second-order valence-corrected chi connectivity index (χ2v) is 13.0. The van der Waals surface area contributed by atoms with E-state index < -0.39 is 52.7 Å². The molecule has 7 nitrogen and oxygen atoms in total. The van der Waals surface area contributed by atoms with Crippen molar-refractivity contribution in [3.05, 3.63) is 53.3 Å². The Kier molecular flexibility index (Phi) is 7.99. The van der Waals surface area contributed by atoms with E-state index in [-0.39, 0.29) is 30.8 Å². The molecule has 1 heterocycles. The van der Waals surface area contributed by atoms with Crippen LogP contribution in [0.4, 0.5) is 18.9 Å². The van der Waals surface area contributed by atoms with Gasteiger partial charge in [0.1, 0.15) is 17.6 Å². The first-order valence-electron chi connectivity index (χ1n) is 10.7. The maximum atomic E-state index is 14.7. The third-order valence-electron chi connectivity index (χ3n) is 5.55. The Hall–Kier alpha value is -3.21. The van der Waals surface area contributed by atoms with E-state index >= 15 is 0 Å². The highest BCUT2D eigenvalue weighted by molar-refractivity contribution is 8.32. The second-order valence-electron chi connectivity index (χ2n) is 8.84. The SMILES string of the molecule is CS(C)(C)c1ccc(NC(=O)[C@H]2c3ccc(OC(F)F)cc3CCN2C(=O)CCC(=O)O)cc1F. The number of halogens is 3. The fourth-order valence-electron chi connectivity index (χ4n) is 3.97. The first-order valence-corrected chi connectivity index (χ1v) is 13.6. The molecule has 1 aliphatic rings. The zero-order chi connectivity index (χ0) is 25.9. The predicted molar refractivity (Wildman–Crippen MR) is 127 cm³/mol. The zero-order valence-corrected chi connectivity index (χ0v) is 20.3. The minimum atomic E-state index is -3.02. The van der Waals surface area contributed by atoms with Gasteiger partial charge in [0.15, 0.2) is 0 Å². The monoisotopic (exact) mass is 512 g/mol. The summed E-state index contributed by atoms with van der Waals surface area (Å²) >= 11 is 0. The van der Waals surface area contributed by atoms with E-state index in [0.29, 0.717) is 16.0 Å². The second kappa shape index (κ2) is 10.6. The van der Waals surface area contributed by atoms with Crippen LogP contribution in [0.15, 0.2) is 41.3 Å². The summed E-state index contributed by atoms with van der Waals surface area (Å²) < 4.78 is 44.4. The van der Waals surface area contributed by atoms with Gasteiger partial charge in [-0.25, -0.2) is 14.4 Å². The van der Waals surface area contributed by atoms with Gasteiger partial charge in [-0.3, -0.25) is 14.4 Å². The average Bonchev–Trinajstić information content (AvgIpc) is 2.75. The summed E-state index contributed by atoms with van der Waals surface area (Å²) in [5.41, 5.74) is 1.14. The van der Waals surface area contributed by atoms with Crippen LogP contribution in [0.3, 0.4) is 0 Å². The van der Waals surface area contributed by atoms with E-state index in [9.17, 15) is 27.6 Å². The van der Waals surface area contributed by atoms with Crippen molar-refractivity contribution in [3.63, 3.8) is 0 Å². The van der Waals surface area contributed by atoms with Crippen LogP contribution in [0.2, 0.25) is 0 Å². The maximum absolute atomic E-state index is 14.7. The van der Waals surface area contributed by atoms with E-state index in [1.165, 1.54) is 29.2 Å². The molecule has 3 rings (SSSR count). The number of hydrogen-bond acceptors (Lipinski definition) is 4. The summed E-state index contributed by atoms with van der Waals surface area (Å²) in [5, 5.41) is 11.6. The van der Waals surface area contributed by atoms with Crippen LogP contribution in [0, 0.1) is 5.82 Å². The number of nitrogens with one attached hydrogen (secondary N) is 1. The van der Waals surface area contributed by atoms with E-state index in [4.69, 9.17) is 5.11 Å². The van der Waals surface area contributed by atoms with Crippen LogP contribution in [-0.2, 0) is 20.8 Å². The van der Waals surface area contributed by atoms with Crippen molar-refractivity contribution in [2.45, 2.75) is 36.8 Å². The van der Waals surface area contributed by atoms with Gasteiger partial charge in [-0.15, -0.1) is 0 Å². The van der Waals surface area contributed by atoms with Crippen LogP contribution < -0.4 is 10.1 Å². The number of anilines is 1. The highest BCUT2D eigenvalue weighted by Gasteiger charge is 2.36. The number of ether oxygens (including phenoxy) is 1. The summed E-state index contributed by atoms with van der Waals surface area (Å²) in [5.74, 6) is -2.86. The number of hydrogen-bond donors (Lipinski definition) is 2. The van der Waals surface area contributed by atoms with Crippen molar-refractivity contribution in [2.24, 2.45) is 0 Å². The van der Waals surface area contributed by atoms with Crippen molar-refractivity contribution in [1.82, 2.24) is 4.90 Å². The molecule has 2 aromatic rings. The highest BCUT2D eigenvalue weighted by Crippen LogP contribution is 2.47. The number of nitrogens with zero attached hydrogens (tertiary/aromatic N) is 1. The lowest BCUT2D eigenvalue weighted by molar-refractivity contribution is -0.143. The van der Waals surface area contributed by atoms with Crippen molar-refractivity contribution < 1.29 is 37.4 Å². The average molecular weight is 513 g/mol. The number of amides is 2. The summed E-state index contributed by atoms with van der Waals surface area (Å²) in [6, 6.07) is 7.34. The first kappa shape index (κ1) is 26.4. The Bertz CT molecular complexity index is 1140. The van der Waals surface area contributed by atoms with Crippen LogP contribution in [0.1, 0.15) is 30.0 Å². The lowest BCUT2D eigenvalue weighted by atomic mass is 9.91. The van der Waals surface area contributed by atoms with E-state index in [1.54, 1.807) is 12.1 Å². The molecule has 1 atom stereocenters. The predicted octanol–water partition coefficient (Wildman–Crippen LogP) is 4.41. The number of carbonyl (C=O) groups is 3. The molecule has 2 aromatic carbocycles. The van der Waals surface area contributed by atoms with E-state index in [1.807, 2.05) is 18.8 Å². The van der Waals surface area contributed by atoms with Crippen LogP contribution in [-0.4, -0.2) is 59.7 Å². The molecule has 2 amide bonds. The summed E-state index contributed by atoms with van der Waals surface area (Å²) in [7, 11) is -1.34. The molecule has 190 valence electrons. The Morgan fingerprint density at radius 1 is 1.14 bits per heavy atom. The molecule has 11 heteroatoms. The first-order chi connectivity index (χ1) is 16.4. The molecule has 2 N–H and O–H groups in total. The van der Waals surface area contributed by atoms with Gasteiger partial charge in [-0.05, 0) is 66.6 Å². The maximum Gasteiger partial charge on any atom is 0.387 e. The van der Waals surface area contributed by atoms with E-state index in [2.05, 4.69) is 10.1 Å². The Labute approximate surface area is 202 Å². The fourth-order valence-corrected chi connectivity index (χ4v) is 5.09. The standard InChI is InChI=1S/C24H27F3N2O5S/c1-35(2,3)19-7-4-15(13-18(19)25)28-23(33)22-17-6-5-16(34-24(26)27)12-14(17)10-11-29(22)20(30)8-9-21(31)32/h4-7,12-13,22,24H,8-11H2,1-3H3,(H,28,33)(H,31,32)/t22-/m1/s1. The summed E-state index contributed by atoms with van der Waals surface area (Å²) in [4.78, 5) is 38.9. The smallest absolute Gasteiger partial charge is 0.387 e. The molecule has 0 fully saturated rings. The highest BCUT2D eigenvalue weighted by atomic mass is 32.3. The summed E-state index contributed by atoms with van der Waals surface area (Å²) in [6.07, 6.45) is 5.37. The largest absolute Gasteiger partial charge is 0.481 e. The fraction of sp³-hybridized carbons (Fsp3) is 0.375. The lowest BCUT2D eigenvalue weighted by Gasteiger charge is -2.36. The number of carboxylic acids is 1. The molecule has 0 saturated carbocycles. The van der Waals surface area contributed by atoms with Crippen molar-refractivity contribution >= 4 is 33.5 Å². The third kappa shape index (κ3) is 6.47. The van der Waals surface area contributed by atoms with Gasteiger partial charge in [0, 0.05) is 23.5 Å². The molecular weight excluding hydrogens is 485 g/mol.